The van der Waals surface area contributed by atoms with Crippen LogP contribution >= 0.6 is 0 Å². The van der Waals surface area contributed by atoms with Crippen molar-refractivity contribution in [3.8, 4) is 0 Å². The van der Waals surface area contributed by atoms with E-state index >= 15 is 0 Å². The third-order valence-corrected chi connectivity index (χ3v) is 5.47. The van der Waals surface area contributed by atoms with Crippen molar-refractivity contribution in [2.24, 2.45) is 16.3 Å². The van der Waals surface area contributed by atoms with E-state index in [1.54, 1.807) is 33.8 Å². The fraction of sp³-hybridized carbons (Fsp3) is 0.458. The van der Waals surface area contributed by atoms with Gasteiger partial charge in [0.2, 0.25) is 0 Å². The number of ether oxygens (including phenoxy) is 2. The summed E-state index contributed by atoms with van der Waals surface area (Å²) in [6, 6.07) is 9.86. The van der Waals surface area contributed by atoms with Crippen molar-refractivity contribution in [3.63, 3.8) is 0 Å². The molecule has 3 rings (SSSR count). The maximum Gasteiger partial charge on any atom is 0.323 e. The van der Waals surface area contributed by atoms with E-state index in [0.29, 0.717) is 0 Å². The first-order chi connectivity index (χ1) is 13.7. The predicted octanol–water partition coefficient (Wildman–Crippen LogP) is 4.27. The third kappa shape index (κ3) is 3.91. The molecule has 0 radical (unpaired) electrons. The second-order valence-electron chi connectivity index (χ2n) is 8.40. The molecule has 2 atom stereocenters. The molecule has 0 amide bonds. The van der Waals surface area contributed by atoms with E-state index in [9.17, 15) is 9.59 Å². The number of hydrogen-bond donors (Lipinski definition) is 0. The van der Waals surface area contributed by atoms with Gasteiger partial charge < -0.3 is 9.47 Å². The summed E-state index contributed by atoms with van der Waals surface area (Å²) in [6.07, 6.45) is 5.57. The number of rotatable bonds is 6. The fourth-order valence-electron chi connectivity index (χ4n) is 4.17. The normalized spacial score (nSPS) is 24.8. The quantitative estimate of drug-likeness (QED) is 0.410. The Morgan fingerprint density at radius 1 is 1.10 bits per heavy atom. The fourth-order valence-corrected chi connectivity index (χ4v) is 4.17. The Balaban J connectivity index is 2.02. The topological polar surface area (TPSA) is 65.0 Å². The Bertz CT molecular complexity index is 831. The van der Waals surface area contributed by atoms with Crippen LogP contribution in [0.2, 0.25) is 0 Å². The summed E-state index contributed by atoms with van der Waals surface area (Å²) < 4.78 is 11.0. The molecule has 2 aliphatic rings. The number of aliphatic imine (C=N–C) groups is 1. The Kier molecular flexibility index (Phi) is 5.78. The lowest BCUT2D eigenvalue weighted by atomic mass is 9.83. The van der Waals surface area contributed by atoms with Crippen molar-refractivity contribution in [2.75, 3.05) is 0 Å². The highest BCUT2D eigenvalue weighted by molar-refractivity contribution is 6.11. The molecule has 1 aliphatic heterocycles. The molecule has 5 nitrogen and oxygen atoms in total. The Morgan fingerprint density at radius 3 is 2.21 bits per heavy atom. The van der Waals surface area contributed by atoms with Gasteiger partial charge in [-0.25, -0.2) is 0 Å². The van der Waals surface area contributed by atoms with Crippen molar-refractivity contribution in [3.05, 3.63) is 60.7 Å². The van der Waals surface area contributed by atoms with Crippen LogP contribution in [0.5, 0.6) is 0 Å². The zero-order chi connectivity index (χ0) is 21.2. The Labute approximate surface area is 172 Å². The lowest BCUT2D eigenvalue weighted by molar-refractivity contribution is -0.177. The number of nitrogens with zero attached hydrogens (tertiary/aromatic N) is 1. The molecule has 1 heterocycles. The number of carbonyl (C=O) groups is 2. The zero-order valence-corrected chi connectivity index (χ0v) is 17.6. The molecule has 1 aromatic carbocycles. The SMILES string of the molecule is C=C[C@H]1CC(C(=O)OC(C)C)(C(=O)OC(C)C)C[C@]12C=CC(c1ccccc1)=N2. The van der Waals surface area contributed by atoms with Gasteiger partial charge in [0.1, 0.15) is 0 Å². The van der Waals surface area contributed by atoms with Crippen LogP contribution in [0.15, 0.2) is 60.1 Å². The number of esters is 2. The molecule has 1 spiro atoms. The summed E-state index contributed by atoms with van der Waals surface area (Å²) in [7, 11) is 0. The van der Waals surface area contributed by atoms with Crippen molar-refractivity contribution in [1.82, 2.24) is 0 Å². The monoisotopic (exact) mass is 395 g/mol. The summed E-state index contributed by atoms with van der Waals surface area (Å²) >= 11 is 0. The molecule has 0 saturated heterocycles. The molecule has 1 saturated carbocycles. The van der Waals surface area contributed by atoms with E-state index in [0.717, 1.165) is 11.3 Å². The van der Waals surface area contributed by atoms with Gasteiger partial charge in [0.15, 0.2) is 5.41 Å². The molecule has 29 heavy (non-hydrogen) atoms. The van der Waals surface area contributed by atoms with Gasteiger partial charge in [-0.2, -0.15) is 0 Å². The maximum absolute atomic E-state index is 13.1. The van der Waals surface area contributed by atoms with Crippen LogP contribution in [-0.4, -0.2) is 35.4 Å². The lowest BCUT2D eigenvalue weighted by Gasteiger charge is -2.28. The number of hydrogen-bond acceptors (Lipinski definition) is 5. The van der Waals surface area contributed by atoms with Crippen molar-refractivity contribution < 1.29 is 19.1 Å². The largest absolute Gasteiger partial charge is 0.462 e. The molecular formula is C24H29NO4. The van der Waals surface area contributed by atoms with E-state index in [-0.39, 0.29) is 31.0 Å². The van der Waals surface area contributed by atoms with Gasteiger partial charge in [-0.1, -0.05) is 42.5 Å². The van der Waals surface area contributed by atoms with Crippen LogP contribution in [0.1, 0.15) is 46.1 Å². The minimum atomic E-state index is -1.40. The Hall–Kier alpha value is -2.69. The van der Waals surface area contributed by atoms with Crippen molar-refractivity contribution in [1.29, 1.82) is 0 Å². The van der Waals surface area contributed by atoms with Gasteiger partial charge in [0, 0.05) is 12.3 Å². The van der Waals surface area contributed by atoms with Gasteiger partial charge in [-0.05, 0) is 45.8 Å². The van der Waals surface area contributed by atoms with Gasteiger partial charge in [-0.15, -0.1) is 6.58 Å². The molecule has 1 fully saturated rings. The number of carbonyl (C=O) groups excluding carboxylic acids is 2. The first kappa shape index (κ1) is 21.0. The molecule has 154 valence electrons. The molecule has 0 unspecified atom stereocenters. The van der Waals surface area contributed by atoms with Crippen LogP contribution < -0.4 is 0 Å². The summed E-state index contributed by atoms with van der Waals surface area (Å²) in [4.78, 5) is 31.2. The highest BCUT2D eigenvalue weighted by Crippen LogP contribution is 2.54. The van der Waals surface area contributed by atoms with Gasteiger partial charge >= 0.3 is 11.9 Å². The zero-order valence-electron chi connectivity index (χ0n) is 17.6. The second-order valence-corrected chi connectivity index (χ2v) is 8.40. The van der Waals surface area contributed by atoms with Gasteiger partial charge in [0.05, 0.1) is 23.5 Å². The molecule has 5 heteroatoms. The smallest absolute Gasteiger partial charge is 0.323 e. The molecule has 0 bridgehead atoms. The summed E-state index contributed by atoms with van der Waals surface area (Å²) in [6.45, 7) is 11.1. The average molecular weight is 395 g/mol. The predicted molar refractivity (Wildman–Crippen MR) is 113 cm³/mol. The van der Waals surface area contributed by atoms with E-state index in [2.05, 4.69) is 6.58 Å². The van der Waals surface area contributed by atoms with Crippen LogP contribution in [0.25, 0.3) is 0 Å². The van der Waals surface area contributed by atoms with Crippen LogP contribution in [-0.2, 0) is 19.1 Å². The minimum Gasteiger partial charge on any atom is -0.462 e. The second kappa shape index (κ2) is 7.97. The first-order valence-corrected chi connectivity index (χ1v) is 10.1. The summed E-state index contributed by atoms with van der Waals surface area (Å²) in [5.41, 5.74) is -0.273. The van der Waals surface area contributed by atoms with E-state index in [1.807, 2.05) is 42.5 Å². The van der Waals surface area contributed by atoms with E-state index < -0.39 is 22.9 Å². The highest BCUT2D eigenvalue weighted by atomic mass is 16.6. The minimum absolute atomic E-state index is 0.181. The van der Waals surface area contributed by atoms with Crippen molar-refractivity contribution >= 4 is 17.7 Å². The molecule has 1 aromatic rings. The van der Waals surface area contributed by atoms with E-state index in [4.69, 9.17) is 14.5 Å². The maximum atomic E-state index is 13.1. The van der Waals surface area contributed by atoms with Crippen LogP contribution in [0.3, 0.4) is 0 Å². The highest BCUT2D eigenvalue weighted by Gasteiger charge is 2.63. The molecular weight excluding hydrogens is 366 g/mol. The third-order valence-electron chi connectivity index (χ3n) is 5.47. The number of benzene rings is 1. The molecule has 0 N–H and O–H groups in total. The van der Waals surface area contributed by atoms with Crippen LogP contribution in [0.4, 0.5) is 0 Å². The van der Waals surface area contributed by atoms with Crippen LogP contribution in [0, 0.1) is 11.3 Å². The first-order valence-electron chi connectivity index (χ1n) is 10.1. The number of allylic oxidation sites excluding steroid dienone is 1. The Morgan fingerprint density at radius 2 is 1.69 bits per heavy atom. The van der Waals surface area contributed by atoms with Gasteiger partial charge in [-0.3, -0.25) is 14.6 Å². The van der Waals surface area contributed by atoms with E-state index in [1.165, 1.54) is 0 Å². The lowest BCUT2D eigenvalue weighted by Crippen LogP contribution is -2.43. The van der Waals surface area contributed by atoms with Crippen molar-refractivity contribution in [2.45, 2.75) is 58.3 Å². The molecule has 0 aromatic heterocycles. The summed E-state index contributed by atoms with van der Waals surface area (Å²) in [5, 5.41) is 0. The standard InChI is InChI=1S/C24H29NO4/c1-6-19-14-23(21(26)28-16(2)3,22(27)29-17(4)5)15-24(19)13-12-20(25-24)18-10-8-7-9-11-18/h6-13,16-17,19H,1,14-15H2,2-5H3/t19-,24+/m0/s1. The summed E-state index contributed by atoms with van der Waals surface area (Å²) in [5.74, 6) is -1.27. The average Bonchev–Trinajstić information content (AvgIpc) is 3.24. The molecule has 1 aliphatic carbocycles. The van der Waals surface area contributed by atoms with Gasteiger partial charge in [0.25, 0.3) is 0 Å².